The third-order valence-electron chi connectivity index (χ3n) is 7.34. The molecule has 3 aliphatic rings. The third-order valence-corrected chi connectivity index (χ3v) is 7.34. The Bertz CT molecular complexity index is 1470. The molecular weight excluding hydrogens is 482 g/mol. The number of hydrogen-bond donors (Lipinski definition) is 6. The van der Waals surface area contributed by atoms with E-state index < -0.39 is 75.8 Å². The lowest BCUT2D eigenvalue weighted by molar-refractivity contribution is -0.152. The van der Waals surface area contributed by atoms with Gasteiger partial charge in [-0.25, -0.2) is 0 Å². The lowest BCUT2D eigenvalue weighted by atomic mass is 9.57. The van der Waals surface area contributed by atoms with Gasteiger partial charge < -0.3 is 36.0 Å². The normalized spacial score (nSPS) is 28.1. The van der Waals surface area contributed by atoms with Gasteiger partial charge in [0.1, 0.15) is 28.6 Å². The summed E-state index contributed by atoms with van der Waals surface area (Å²) in [5.74, 6) is -8.03. The maximum absolute atomic E-state index is 13.6. The van der Waals surface area contributed by atoms with Gasteiger partial charge in [-0.3, -0.25) is 14.4 Å². The van der Waals surface area contributed by atoms with Crippen molar-refractivity contribution < 1.29 is 44.7 Å². The van der Waals surface area contributed by atoms with Crippen LogP contribution in [0.25, 0.3) is 11.6 Å². The summed E-state index contributed by atoms with van der Waals surface area (Å²) in [6.07, 6.45) is -0.586. The number of nitrogens with two attached hydrogens (primary N) is 1. The zero-order valence-electron chi connectivity index (χ0n) is 19.5. The number of hydrogen-bond acceptors (Lipinski definition) is 9. The number of ketones is 2. The first-order chi connectivity index (χ1) is 17.5. The van der Waals surface area contributed by atoms with Crippen molar-refractivity contribution in [2.24, 2.45) is 17.6 Å². The SMILES string of the molecule is COc1ccc(/C=C2\c3cccc(O)c3C(=O)C3=C(O)C4(O)C(=O)C(C(N)=O)=C(O)CC4C(O)C32)cc1. The number of carbonyl (C=O) groups excluding carboxylic acids is 3. The Labute approximate surface area is 210 Å². The molecule has 10 heteroatoms. The number of amides is 1. The van der Waals surface area contributed by atoms with Crippen molar-refractivity contribution in [1.29, 1.82) is 0 Å². The van der Waals surface area contributed by atoms with E-state index in [4.69, 9.17) is 10.5 Å². The molecule has 0 saturated heterocycles. The number of carbonyl (C=O) groups is 3. The number of phenols is 1. The number of rotatable bonds is 3. The van der Waals surface area contributed by atoms with Crippen molar-refractivity contribution in [2.75, 3.05) is 7.11 Å². The van der Waals surface area contributed by atoms with Gasteiger partial charge in [0.05, 0.1) is 24.4 Å². The second kappa shape index (κ2) is 8.32. The fourth-order valence-electron chi connectivity index (χ4n) is 5.57. The highest BCUT2D eigenvalue weighted by Gasteiger charge is 2.63. The predicted molar refractivity (Wildman–Crippen MR) is 129 cm³/mol. The molecule has 4 unspecified atom stereocenters. The first kappa shape index (κ1) is 24.3. The second-order valence-corrected chi connectivity index (χ2v) is 9.22. The fourth-order valence-corrected chi connectivity index (χ4v) is 5.57. The Morgan fingerprint density at radius 3 is 2.41 bits per heavy atom. The zero-order valence-corrected chi connectivity index (χ0v) is 19.5. The molecule has 10 nitrogen and oxygen atoms in total. The summed E-state index contributed by atoms with van der Waals surface area (Å²) >= 11 is 0. The molecule has 0 saturated carbocycles. The summed E-state index contributed by atoms with van der Waals surface area (Å²) in [5.41, 5.74) is 1.94. The van der Waals surface area contributed by atoms with Crippen molar-refractivity contribution in [1.82, 2.24) is 0 Å². The number of aromatic hydroxyl groups is 1. The molecule has 1 amide bonds. The van der Waals surface area contributed by atoms with E-state index in [1.807, 2.05) is 0 Å². The Kier molecular flexibility index (Phi) is 5.47. The fraction of sp³-hybridized carbons (Fsp3) is 0.222. The highest BCUT2D eigenvalue weighted by molar-refractivity contribution is 6.25. The second-order valence-electron chi connectivity index (χ2n) is 9.22. The highest BCUT2D eigenvalue weighted by Crippen LogP contribution is 2.55. The number of fused-ring (bicyclic) bond motifs is 3. The minimum Gasteiger partial charge on any atom is -0.511 e. The van der Waals surface area contributed by atoms with E-state index in [0.29, 0.717) is 16.9 Å². The van der Waals surface area contributed by atoms with Crippen molar-refractivity contribution in [3.05, 3.63) is 81.8 Å². The van der Waals surface area contributed by atoms with Crippen LogP contribution in [0.2, 0.25) is 0 Å². The molecule has 0 aromatic heterocycles. The lowest BCUT2D eigenvalue weighted by Crippen LogP contribution is -2.62. The number of allylic oxidation sites excluding steroid dienone is 1. The van der Waals surface area contributed by atoms with Crippen LogP contribution in [0.3, 0.4) is 0 Å². The Morgan fingerprint density at radius 2 is 1.78 bits per heavy atom. The molecule has 4 atom stereocenters. The minimum atomic E-state index is -2.90. The summed E-state index contributed by atoms with van der Waals surface area (Å²) < 4.78 is 5.18. The van der Waals surface area contributed by atoms with E-state index in [0.717, 1.165) is 0 Å². The molecule has 7 N–H and O–H groups in total. The van der Waals surface area contributed by atoms with Crippen LogP contribution >= 0.6 is 0 Å². The van der Waals surface area contributed by atoms with Crippen LogP contribution in [-0.4, -0.2) is 61.8 Å². The molecule has 3 aliphatic carbocycles. The molecule has 5 rings (SSSR count). The van der Waals surface area contributed by atoms with Gasteiger partial charge in [-0.05, 0) is 34.9 Å². The van der Waals surface area contributed by atoms with Crippen LogP contribution in [0.5, 0.6) is 11.5 Å². The molecule has 2 aromatic rings. The Morgan fingerprint density at radius 1 is 1.11 bits per heavy atom. The molecule has 0 aliphatic heterocycles. The van der Waals surface area contributed by atoms with Crippen LogP contribution in [-0.2, 0) is 9.59 Å². The number of ether oxygens (including phenoxy) is 1. The van der Waals surface area contributed by atoms with E-state index in [-0.39, 0.29) is 11.1 Å². The average molecular weight is 505 g/mol. The predicted octanol–water partition coefficient (Wildman–Crippen LogP) is 1.56. The van der Waals surface area contributed by atoms with Crippen LogP contribution in [0, 0.1) is 11.8 Å². The molecule has 0 spiro atoms. The number of aliphatic hydroxyl groups is 4. The van der Waals surface area contributed by atoms with E-state index in [2.05, 4.69) is 0 Å². The van der Waals surface area contributed by atoms with Gasteiger partial charge >= 0.3 is 0 Å². The third kappa shape index (κ3) is 3.30. The zero-order chi connectivity index (χ0) is 26.8. The minimum absolute atomic E-state index is 0.189. The largest absolute Gasteiger partial charge is 0.511 e. The summed E-state index contributed by atoms with van der Waals surface area (Å²) in [5, 5.41) is 55.1. The highest BCUT2D eigenvalue weighted by atomic mass is 16.5. The number of Topliss-reactive ketones (excluding diaryl/α,β-unsaturated/α-hetero) is 2. The van der Waals surface area contributed by atoms with Gasteiger partial charge in [0.25, 0.3) is 5.91 Å². The van der Waals surface area contributed by atoms with Crippen LogP contribution in [0.4, 0.5) is 0 Å². The van der Waals surface area contributed by atoms with Crippen molar-refractivity contribution in [2.45, 2.75) is 18.1 Å². The molecule has 190 valence electrons. The summed E-state index contributed by atoms with van der Waals surface area (Å²) in [6, 6.07) is 11.2. The molecule has 0 radical (unpaired) electrons. The van der Waals surface area contributed by atoms with E-state index in [1.165, 1.54) is 19.2 Å². The molecule has 0 bridgehead atoms. The molecule has 2 aromatic carbocycles. The number of benzene rings is 2. The van der Waals surface area contributed by atoms with E-state index >= 15 is 0 Å². The standard InChI is InChI=1S/C27H23NO9/c1-37-12-7-5-11(6-8-12)9-14-13-3-2-4-16(29)18(13)23(32)21-19(14)22(31)15-10-17(30)20(26(28)35)24(33)27(15,36)25(21)34/h2-9,15,19,22,29-31,34,36H,10H2,1H3,(H2,28,35)/b14-9+. The van der Waals surface area contributed by atoms with Gasteiger partial charge in [0.2, 0.25) is 5.78 Å². The van der Waals surface area contributed by atoms with Gasteiger partial charge in [0.15, 0.2) is 11.4 Å². The lowest BCUT2D eigenvalue weighted by Gasteiger charge is -2.49. The topological polar surface area (TPSA) is 188 Å². The summed E-state index contributed by atoms with van der Waals surface area (Å²) in [7, 11) is 1.51. The maximum atomic E-state index is 13.6. The molecule has 0 fully saturated rings. The Hall–Kier alpha value is -4.41. The van der Waals surface area contributed by atoms with Gasteiger partial charge in [-0.15, -0.1) is 0 Å². The van der Waals surface area contributed by atoms with Crippen LogP contribution < -0.4 is 10.5 Å². The summed E-state index contributed by atoms with van der Waals surface area (Å²) in [6.45, 7) is 0. The summed E-state index contributed by atoms with van der Waals surface area (Å²) in [4.78, 5) is 38.6. The Balaban J connectivity index is 1.79. The number of primary amides is 1. The van der Waals surface area contributed by atoms with E-state index in [9.17, 15) is 39.9 Å². The number of phenolic OH excluding ortho intramolecular Hbond substituents is 1. The first-order valence-corrected chi connectivity index (χ1v) is 11.4. The van der Waals surface area contributed by atoms with Crippen LogP contribution in [0.15, 0.2) is 65.1 Å². The molecule has 0 heterocycles. The first-order valence-electron chi connectivity index (χ1n) is 11.4. The quantitative estimate of drug-likeness (QED) is 0.336. The maximum Gasteiger partial charge on any atom is 0.255 e. The number of methoxy groups -OCH3 is 1. The van der Waals surface area contributed by atoms with Gasteiger partial charge in [-0.2, -0.15) is 0 Å². The monoisotopic (exact) mass is 505 g/mol. The van der Waals surface area contributed by atoms with Crippen molar-refractivity contribution in [3.8, 4) is 11.5 Å². The molecular formula is C27H23NO9. The number of aliphatic hydroxyl groups excluding tert-OH is 3. The smallest absolute Gasteiger partial charge is 0.255 e. The molecule has 37 heavy (non-hydrogen) atoms. The van der Waals surface area contributed by atoms with Crippen LogP contribution in [0.1, 0.15) is 27.9 Å². The van der Waals surface area contributed by atoms with E-state index in [1.54, 1.807) is 36.4 Å². The van der Waals surface area contributed by atoms with Gasteiger partial charge in [0, 0.05) is 18.3 Å². The average Bonchev–Trinajstić information content (AvgIpc) is 2.86. The van der Waals surface area contributed by atoms with Crippen molar-refractivity contribution in [3.63, 3.8) is 0 Å². The van der Waals surface area contributed by atoms with Gasteiger partial charge in [-0.1, -0.05) is 30.3 Å². The van der Waals surface area contributed by atoms with Crippen molar-refractivity contribution >= 4 is 29.1 Å².